The molecule has 0 unspecified atom stereocenters. The van der Waals surface area contributed by atoms with Gasteiger partial charge >= 0.3 is 5.97 Å². The molecule has 25 heavy (non-hydrogen) atoms. The van der Waals surface area contributed by atoms with E-state index in [1.165, 1.54) is 7.11 Å². The van der Waals surface area contributed by atoms with Crippen molar-refractivity contribution in [3.63, 3.8) is 0 Å². The molecular weight excluding hydrogens is 314 g/mol. The Labute approximate surface area is 149 Å². The molecule has 2 aromatic carbocycles. The van der Waals surface area contributed by atoms with E-state index in [9.17, 15) is 4.79 Å². The Morgan fingerprint density at radius 1 is 0.960 bits per heavy atom. The maximum atomic E-state index is 12.2. The Bertz CT molecular complexity index is 661. The monoisotopic (exact) mass is 339 g/mol. The predicted molar refractivity (Wildman–Crippen MR) is 100 cm³/mol. The Morgan fingerprint density at radius 3 is 1.84 bits per heavy atom. The van der Waals surface area contributed by atoms with E-state index in [0.717, 1.165) is 16.8 Å². The van der Waals surface area contributed by atoms with Gasteiger partial charge in [0.1, 0.15) is 0 Å². The number of carbonyl (C=O) groups excluding carboxylic acids is 1. The molecule has 0 spiro atoms. The van der Waals surface area contributed by atoms with Crippen LogP contribution in [0.1, 0.15) is 31.9 Å². The summed E-state index contributed by atoms with van der Waals surface area (Å²) in [7, 11) is 1.37. The van der Waals surface area contributed by atoms with Gasteiger partial charge in [-0.3, -0.25) is 4.99 Å². The lowest BCUT2D eigenvalue weighted by atomic mass is 10.0. The highest BCUT2D eigenvalue weighted by molar-refractivity contribution is 6.13. The Balaban J connectivity index is 2.43. The zero-order chi connectivity index (χ0) is 18.3. The zero-order valence-electron chi connectivity index (χ0n) is 15.2. The molecule has 0 aliphatic carbocycles. The van der Waals surface area contributed by atoms with Gasteiger partial charge in [0.2, 0.25) is 0 Å². The van der Waals surface area contributed by atoms with Gasteiger partial charge in [-0.25, -0.2) is 4.79 Å². The minimum atomic E-state index is -0.723. The molecule has 0 amide bonds. The molecule has 1 atom stereocenters. The maximum Gasteiger partial charge on any atom is 0.333 e. The van der Waals surface area contributed by atoms with Crippen molar-refractivity contribution in [1.29, 1.82) is 0 Å². The number of ether oxygens (including phenoxy) is 2. The molecule has 2 aromatic rings. The third-order valence-electron chi connectivity index (χ3n) is 3.53. The first kappa shape index (κ1) is 18.9. The lowest BCUT2D eigenvalue weighted by molar-refractivity contribution is -0.144. The highest BCUT2D eigenvalue weighted by atomic mass is 16.5. The van der Waals surface area contributed by atoms with Gasteiger partial charge in [-0.05, 0) is 20.8 Å². The number of nitrogens with zero attached hydrogens (tertiary/aromatic N) is 1. The third kappa shape index (κ3) is 5.84. The van der Waals surface area contributed by atoms with E-state index in [2.05, 4.69) is 0 Å². The number of carbonyl (C=O) groups is 1. The Hall–Kier alpha value is -2.46. The Kier molecular flexibility index (Phi) is 6.48. The van der Waals surface area contributed by atoms with E-state index < -0.39 is 12.0 Å². The minimum absolute atomic E-state index is 0.166. The van der Waals surface area contributed by atoms with E-state index in [-0.39, 0.29) is 12.2 Å². The molecule has 0 N–H and O–H groups in total. The number of hydrogen-bond acceptors (Lipinski definition) is 4. The van der Waals surface area contributed by atoms with E-state index in [4.69, 9.17) is 14.5 Å². The molecule has 0 aliphatic rings. The van der Waals surface area contributed by atoms with Gasteiger partial charge in [0.05, 0.1) is 25.0 Å². The SMILES string of the molecule is COC(=O)[C@H](COC(C)(C)C)N=C(c1ccccc1)c1ccccc1. The molecule has 0 aromatic heterocycles. The summed E-state index contributed by atoms with van der Waals surface area (Å²) in [4.78, 5) is 16.9. The van der Waals surface area contributed by atoms with Crippen molar-refractivity contribution < 1.29 is 14.3 Å². The standard InChI is InChI=1S/C21H25NO3/c1-21(2,3)25-15-18(20(23)24-4)22-19(16-11-7-5-8-12-16)17-13-9-6-10-14-17/h5-14,18H,15H2,1-4H3/t18-/m0/s1. The van der Waals surface area contributed by atoms with Crippen molar-refractivity contribution in [3.8, 4) is 0 Å². The highest BCUT2D eigenvalue weighted by Gasteiger charge is 2.23. The van der Waals surface area contributed by atoms with Crippen LogP contribution >= 0.6 is 0 Å². The first-order chi connectivity index (χ1) is 11.9. The van der Waals surface area contributed by atoms with Gasteiger partial charge in [-0.2, -0.15) is 0 Å². The minimum Gasteiger partial charge on any atom is -0.467 e. The summed E-state index contributed by atoms with van der Waals surface area (Å²) < 4.78 is 10.7. The summed E-state index contributed by atoms with van der Waals surface area (Å²) in [6.45, 7) is 6.00. The van der Waals surface area contributed by atoms with Crippen molar-refractivity contribution in [2.24, 2.45) is 4.99 Å². The maximum absolute atomic E-state index is 12.2. The summed E-state index contributed by atoms with van der Waals surface area (Å²) in [6, 6.07) is 18.9. The predicted octanol–water partition coefficient (Wildman–Crippen LogP) is 3.88. The first-order valence-corrected chi connectivity index (χ1v) is 8.31. The number of aliphatic imine (C=N–C) groups is 1. The van der Waals surface area contributed by atoms with Crippen molar-refractivity contribution in [2.45, 2.75) is 32.4 Å². The second-order valence-corrected chi connectivity index (χ2v) is 6.67. The quantitative estimate of drug-likeness (QED) is 0.593. The van der Waals surface area contributed by atoms with Gasteiger partial charge in [-0.1, -0.05) is 60.7 Å². The summed E-state index contributed by atoms with van der Waals surface area (Å²) >= 11 is 0. The lowest BCUT2D eigenvalue weighted by Crippen LogP contribution is -2.32. The fourth-order valence-corrected chi connectivity index (χ4v) is 2.29. The smallest absolute Gasteiger partial charge is 0.333 e. The van der Waals surface area contributed by atoms with Crippen LogP contribution in [0.4, 0.5) is 0 Å². The number of hydrogen-bond donors (Lipinski definition) is 0. The molecule has 4 heteroatoms. The van der Waals surface area contributed by atoms with E-state index in [1.807, 2.05) is 81.4 Å². The average Bonchev–Trinajstić information content (AvgIpc) is 2.62. The van der Waals surface area contributed by atoms with E-state index >= 15 is 0 Å². The van der Waals surface area contributed by atoms with E-state index in [0.29, 0.717) is 0 Å². The molecule has 0 bridgehead atoms. The van der Waals surface area contributed by atoms with Gasteiger partial charge in [0.15, 0.2) is 6.04 Å². The first-order valence-electron chi connectivity index (χ1n) is 8.31. The zero-order valence-corrected chi connectivity index (χ0v) is 15.2. The second kappa shape index (κ2) is 8.58. The normalized spacial score (nSPS) is 12.3. The summed E-state index contributed by atoms with van der Waals surface area (Å²) in [5, 5.41) is 0. The highest BCUT2D eigenvalue weighted by Crippen LogP contribution is 2.15. The summed E-state index contributed by atoms with van der Waals surface area (Å²) in [5.74, 6) is -0.409. The summed E-state index contributed by atoms with van der Waals surface area (Å²) in [5.41, 5.74) is 2.27. The number of benzene rings is 2. The van der Waals surface area contributed by atoms with E-state index in [1.54, 1.807) is 0 Å². The molecule has 0 heterocycles. The third-order valence-corrected chi connectivity index (χ3v) is 3.53. The Morgan fingerprint density at radius 2 is 1.44 bits per heavy atom. The van der Waals surface area contributed by atoms with Crippen molar-refractivity contribution in [3.05, 3.63) is 71.8 Å². The van der Waals surface area contributed by atoms with Crippen molar-refractivity contribution in [1.82, 2.24) is 0 Å². The number of rotatable bonds is 6. The second-order valence-electron chi connectivity index (χ2n) is 6.67. The number of methoxy groups -OCH3 is 1. The lowest BCUT2D eigenvalue weighted by Gasteiger charge is -2.22. The molecule has 4 nitrogen and oxygen atoms in total. The van der Waals surface area contributed by atoms with Gasteiger partial charge in [-0.15, -0.1) is 0 Å². The van der Waals surface area contributed by atoms with Crippen LogP contribution < -0.4 is 0 Å². The largest absolute Gasteiger partial charge is 0.467 e. The van der Waals surface area contributed by atoms with Crippen molar-refractivity contribution in [2.75, 3.05) is 13.7 Å². The van der Waals surface area contributed by atoms with Crippen LogP contribution in [0.5, 0.6) is 0 Å². The van der Waals surface area contributed by atoms with Crippen molar-refractivity contribution >= 4 is 11.7 Å². The molecule has 2 rings (SSSR count). The van der Waals surface area contributed by atoms with Gasteiger partial charge in [0.25, 0.3) is 0 Å². The molecular formula is C21H25NO3. The molecule has 0 radical (unpaired) electrons. The van der Waals surface area contributed by atoms with Crippen LogP contribution in [0.3, 0.4) is 0 Å². The molecule has 0 saturated carbocycles. The number of esters is 1. The molecule has 0 aliphatic heterocycles. The molecule has 0 saturated heterocycles. The fraction of sp³-hybridized carbons (Fsp3) is 0.333. The van der Waals surface area contributed by atoms with Crippen LogP contribution in [0.25, 0.3) is 0 Å². The van der Waals surface area contributed by atoms with Crippen LogP contribution in [-0.2, 0) is 14.3 Å². The fourth-order valence-electron chi connectivity index (χ4n) is 2.29. The molecule has 132 valence electrons. The van der Waals surface area contributed by atoms with Gasteiger partial charge in [0, 0.05) is 11.1 Å². The van der Waals surface area contributed by atoms with Crippen LogP contribution in [0.15, 0.2) is 65.7 Å². The topological polar surface area (TPSA) is 47.9 Å². The average molecular weight is 339 g/mol. The summed E-state index contributed by atoms with van der Waals surface area (Å²) in [6.07, 6.45) is 0. The van der Waals surface area contributed by atoms with Crippen LogP contribution in [0, 0.1) is 0 Å². The van der Waals surface area contributed by atoms with Crippen LogP contribution in [-0.4, -0.2) is 37.0 Å². The molecule has 0 fully saturated rings. The van der Waals surface area contributed by atoms with Crippen LogP contribution in [0.2, 0.25) is 0 Å². The van der Waals surface area contributed by atoms with Gasteiger partial charge < -0.3 is 9.47 Å².